The van der Waals surface area contributed by atoms with Gasteiger partial charge in [0.1, 0.15) is 18.3 Å². The van der Waals surface area contributed by atoms with Crippen LogP contribution in [0.25, 0.3) is 10.9 Å². The molecular weight excluding hydrogens is 656 g/mol. The number of fused-ring (bicyclic) bond motifs is 2. The number of nitrogen functional groups attached to an aromatic ring is 1. The van der Waals surface area contributed by atoms with Crippen LogP contribution in [-0.2, 0) is 25.7 Å². The fourth-order valence-electron chi connectivity index (χ4n) is 6.02. The van der Waals surface area contributed by atoms with Gasteiger partial charge in [-0.25, -0.2) is 4.79 Å². The van der Waals surface area contributed by atoms with E-state index in [1.165, 1.54) is 34.9 Å². The summed E-state index contributed by atoms with van der Waals surface area (Å²) in [5.41, 5.74) is 9.98. The molecule has 18 nitrogen and oxygen atoms in total. The molecular formula is C32H32N8O10. The smallest absolute Gasteiger partial charge is 0.332 e. The number of hydrogen-bond acceptors (Lipinski definition) is 11. The van der Waals surface area contributed by atoms with Gasteiger partial charge in [0, 0.05) is 31.2 Å². The SMILES string of the molecule is NC(=O)c1cc2c(=O)n(CC(=O)NCCCNC(=O)COc3cccc4c3C(=O)N(C3CCC(=O)NC3=O)C4=O)c(=O)n(C3CC3)c2cc1N. The number of hydrogen-bond donors (Lipinski definition) is 5. The van der Waals surface area contributed by atoms with E-state index in [9.17, 15) is 43.2 Å². The Kier molecular flexibility index (Phi) is 8.92. The first-order valence-electron chi connectivity index (χ1n) is 15.8. The van der Waals surface area contributed by atoms with Crippen LogP contribution in [0, 0.1) is 0 Å². The van der Waals surface area contributed by atoms with E-state index in [0.29, 0.717) is 12.8 Å². The topological polar surface area (TPSA) is 264 Å². The summed E-state index contributed by atoms with van der Waals surface area (Å²) in [5, 5.41) is 7.35. The second kappa shape index (κ2) is 13.3. The van der Waals surface area contributed by atoms with E-state index in [-0.39, 0.29) is 77.4 Å². The number of nitrogens with two attached hydrogens (primary N) is 2. The maximum Gasteiger partial charge on any atom is 0.332 e. The summed E-state index contributed by atoms with van der Waals surface area (Å²) in [6.07, 6.45) is 1.63. The van der Waals surface area contributed by atoms with Gasteiger partial charge in [-0.1, -0.05) is 6.07 Å². The highest BCUT2D eigenvalue weighted by molar-refractivity contribution is 6.24. The van der Waals surface area contributed by atoms with Crippen LogP contribution in [0.5, 0.6) is 5.75 Å². The second-order valence-corrected chi connectivity index (χ2v) is 12.1. The number of aromatic nitrogens is 2. The van der Waals surface area contributed by atoms with Gasteiger partial charge in [0.15, 0.2) is 6.61 Å². The summed E-state index contributed by atoms with van der Waals surface area (Å²) in [6.45, 7) is -0.900. The molecule has 18 heteroatoms. The highest BCUT2D eigenvalue weighted by Crippen LogP contribution is 2.36. The maximum absolute atomic E-state index is 13.3. The van der Waals surface area contributed by atoms with Gasteiger partial charge in [-0.05, 0) is 49.9 Å². The van der Waals surface area contributed by atoms with Crippen molar-refractivity contribution in [3.8, 4) is 5.75 Å². The Morgan fingerprint density at radius 1 is 0.940 bits per heavy atom. The summed E-state index contributed by atoms with van der Waals surface area (Å²) in [6, 6.07) is 5.55. The van der Waals surface area contributed by atoms with Crippen molar-refractivity contribution >= 4 is 57.9 Å². The number of rotatable bonds is 12. The number of carbonyl (C=O) groups is 7. The molecule has 1 saturated carbocycles. The molecule has 1 atom stereocenters. The lowest BCUT2D eigenvalue weighted by atomic mass is 10.0. The van der Waals surface area contributed by atoms with Crippen LogP contribution in [-0.4, -0.2) is 81.1 Å². The van der Waals surface area contributed by atoms with E-state index in [1.807, 2.05) is 0 Å². The molecule has 3 heterocycles. The largest absolute Gasteiger partial charge is 0.483 e. The van der Waals surface area contributed by atoms with Crippen molar-refractivity contribution in [2.24, 2.45) is 5.73 Å². The third-order valence-corrected chi connectivity index (χ3v) is 8.61. The zero-order valence-electron chi connectivity index (χ0n) is 26.5. The average molecular weight is 689 g/mol. The molecule has 1 aliphatic carbocycles. The minimum atomic E-state index is -1.15. The number of anilines is 1. The monoisotopic (exact) mass is 688 g/mol. The number of amides is 7. The maximum atomic E-state index is 13.3. The van der Waals surface area contributed by atoms with Crippen LogP contribution >= 0.6 is 0 Å². The summed E-state index contributed by atoms with van der Waals surface area (Å²) < 4.78 is 7.74. The van der Waals surface area contributed by atoms with Crippen molar-refractivity contribution in [1.29, 1.82) is 0 Å². The van der Waals surface area contributed by atoms with Gasteiger partial charge in [0.2, 0.25) is 17.7 Å². The van der Waals surface area contributed by atoms with E-state index >= 15 is 0 Å². The molecule has 7 amide bonds. The predicted octanol–water partition coefficient (Wildman–Crippen LogP) is -1.72. The average Bonchev–Trinajstić information content (AvgIpc) is 3.87. The molecule has 1 unspecified atom stereocenters. The number of imide groups is 2. The molecule has 1 aromatic heterocycles. The van der Waals surface area contributed by atoms with Gasteiger partial charge >= 0.3 is 5.69 Å². The molecule has 6 rings (SSSR count). The molecule has 3 aliphatic rings. The van der Waals surface area contributed by atoms with Crippen molar-refractivity contribution in [2.45, 2.75) is 50.7 Å². The quantitative estimate of drug-likeness (QED) is 0.0812. The molecule has 260 valence electrons. The highest BCUT2D eigenvalue weighted by atomic mass is 16.5. The van der Waals surface area contributed by atoms with Crippen LogP contribution in [0.4, 0.5) is 5.69 Å². The summed E-state index contributed by atoms with van der Waals surface area (Å²) in [4.78, 5) is 114. The first-order valence-corrected chi connectivity index (χ1v) is 15.8. The van der Waals surface area contributed by atoms with E-state index in [1.54, 1.807) is 0 Å². The van der Waals surface area contributed by atoms with E-state index < -0.39 is 71.8 Å². The molecule has 3 aromatic rings. The normalized spacial score (nSPS) is 17.0. The number of primary amides is 1. The minimum Gasteiger partial charge on any atom is -0.483 e. The molecule has 0 bridgehead atoms. The van der Waals surface area contributed by atoms with Gasteiger partial charge in [-0.15, -0.1) is 0 Å². The van der Waals surface area contributed by atoms with Crippen molar-refractivity contribution in [3.05, 3.63) is 67.9 Å². The van der Waals surface area contributed by atoms with Crippen LogP contribution in [0.1, 0.15) is 69.2 Å². The molecule has 2 aromatic carbocycles. The van der Waals surface area contributed by atoms with Crippen LogP contribution in [0.3, 0.4) is 0 Å². The zero-order valence-corrected chi connectivity index (χ0v) is 26.5. The lowest BCUT2D eigenvalue weighted by Gasteiger charge is -2.27. The summed E-state index contributed by atoms with van der Waals surface area (Å²) >= 11 is 0. The van der Waals surface area contributed by atoms with Crippen LogP contribution in [0.15, 0.2) is 39.9 Å². The Morgan fingerprint density at radius 3 is 2.34 bits per heavy atom. The van der Waals surface area contributed by atoms with E-state index in [0.717, 1.165) is 9.47 Å². The number of nitrogens with one attached hydrogen (secondary N) is 3. The number of carbonyl (C=O) groups excluding carboxylic acids is 7. The number of piperidine rings is 1. The Morgan fingerprint density at radius 2 is 1.66 bits per heavy atom. The third-order valence-electron chi connectivity index (χ3n) is 8.61. The van der Waals surface area contributed by atoms with Gasteiger partial charge in [0.25, 0.3) is 29.2 Å². The molecule has 50 heavy (non-hydrogen) atoms. The fourth-order valence-corrected chi connectivity index (χ4v) is 6.02. The zero-order chi connectivity index (χ0) is 35.9. The number of benzene rings is 2. The molecule has 7 N–H and O–H groups in total. The first-order chi connectivity index (χ1) is 23.9. The van der Waals surface area contributed by atoms with Crippen molar-refractivity contribution < 1.29 is 38.3 Å². The summed E-state index contributed by atoms with van der Waals surface area (Å²) in [5.74, 6) is -4.80. The molecule has 0 spiro atoms. The van der Waals surface area contributed by atoms with E-state index in [4.69, 9.17) is 16.2 Å². The minimum absolute atomic E-state index is 0.00543. The van der Waals surface area contributed by atoms with Gasteiger partial charge in [0.05, 0.1) is 27.6 Å². The highest BCUT2D eigenvalue weighted by Gasteiger charge is 2.46. The Bertz CT molecular complexity index is 2130. The van der Waals surface area contributed by atoms with Crippen molar-refractivity contribution in [1.82, 2.24) is 30.0 Å². The van der Waals surface area contributed by atoms with E-state index in [2.05, 4.69) is 16.0 Å². The lowest BCUT2D eigenvalue weighted by Crippen LogP contribution is -2.54. The van der Waals surface area contributed by atoms with Gasteiger partial charge in [-0.3, -0.25) is 57.7 Å². The molecule has 2 fully saturated rings. The first kappa shape index (κ1) is 33.6. The molecule has 2 aliphatic heterocycles. The Hall–Kier alpha value is -6.33. The van der Waals surface area contributed by atoms with Gasteiger partial charge in [-0.2, -0.15) is 0 Å². The number of nitrogens with zero attached hydrogens (tertiary/aromatic N) is 3. The predicted molar refractivity (Wildman–Crippen MR) is 173 cm³/mol. The Balaban J connectivity index is 1.01. The van der Waals surface area contributed by atoms with Crippen LogP contribution < -0.4 is 43.4 Å². The summed E-state index contributed by atoms with van der Waals surface area (Å²) in [7, 11) is 0. The lowest BCUT2D eigenvalue weighted by molar-refractivity contribution is -0.136. The molecule has 1 saturated heterocycles. The second-order valence-electron chi connectivity index (χ2n) is 12.1. The van der Waals surface area contributed by atoms with Crippen molar-refractivity contribution in [3.63, 3.8) is 0 Å². The van der Waals surface area contributed by atoms with Crippen molar-refractivity contribution in [2.75, 3.05) is 25.4 Å². The third kappa shape index (κ3) is 6.29. The number of ether oxygens (including phenoxy) is 1. The fraction of sp³-hybridized carbons (Fsp3) is 0.344. The molecule has 0 radical (unpaired) electrons. The van der Waals surface area contributed by atoms with Crippen LogP contribution in [0.2, 0.25) is 0 Å². The van der Waals surface area contributed by atoms with Gasteiger partial charge < -0.3 is 26.8 Å². The Labute approximate surface area is 281 Å². The standard InChI is InChI=1S/C32H32N8O10/c33-19-12-21-18(11-17(19)27(34)44)29(46)38(32(49)39(21)15-5-6-15)13-24(42)35-9-2-10-36-25(43)14-50-22-4-1-3-16-26(22)31(48)40(30(16)47)20-7-8-23(41)37-28(20)45/h1,3-4,11-12,15,20H,2,5-10,13-14,33H2,(H2,34,44)(H,35,42)(H,36,43)(H,37,41,45).